The quantitative estimate of drug-likeness (QED) is 0.541. The lowest BCUT2D eigenvalue weighted by atomic mass is 9.94. The van der Waals surface area contributed by atoms with E-state index in [0.29, 0.717) is 0 Å². The van der Waals surface area contributed by atoms with Crippen LogP contribution >= 0.6 is 0 Å². The molecule has 0 unspecified atom stereocenters. The van der Waals surface area contributed by atoms with Gasteiger partial charge in [0.1, 0.15) is 17.8 Å². The topological polar surface area (TPSA) is 79.6 Å². The Morgan fingerprint density at radius 3 is 2.54 bits per heavy atom. The molecule has 0 spiro atoms. The first-order valence-electron chi connectivity index (χ1n) is 4.42. The van der Waals surface area contributed by atoms with Crippen LogP contribution in [0.5, 0.6) is 0 Å². The monoisotopic (exact) mass is 186 g/mol. The summed E-state index contributed by atoms with van der Waals surface area (Å²) < 4.78 is 10.6. The van der Waals surface area contributed by atoms with E-state index < -0.39 is 17.4 Å². The third-order valence-corrected chi connectivity index (χ3v) is 3.42. The van der Waals surface area contributed by atoms with Crippen molar-refractivity contribution in [1.82, 2.24) is 0 Å². The first-order chi connectivity index (χ1) is 6.07. The number of aliphatic hydroxyl groups excluding tert-OH is 1. The van der Waals surface area contributed by atoms with E-state index in [2.05, 4.69) is 5.32 Å². The highest BCUT2D eigenvalue weighted by atomic mass is 16.7. The van der Waals surface area contributed by atoms with Crippen LogP contribution in [0.3, 0.4) is 0 Å². The van der Waals surface area contributed by atoms with E-state index in [1.54, 1.807) is 14.0 Å². The van der Waals surface area contributed by atoms with Crippen molar-refractivity contribution in [2.24, 2.45) is 0 Å². The van der Waals surface area contributed by atoms with Crippen LogP contribution < -0.4 is 0 Å². The van der Waals surface area contributed by atoms with Gasteiger partial charge in [0.15, 0.2) is 0 Å². The highest BCUT2D eigenvalue weighted by molar-refractivity contribution is 5.39. The molecule has 2 saturated heterocycles. The molecule has 0 aromatic heterocycles. The molecule has 2 aliphatic heterocycles. The lowest BCUT2D eigenvalue weighted by molar-refractivity contribution is -0.0980. The number of ether oxygens (including phenoxy) is 2. The van der Waals surface area contributed by atoms with Gasteiger partial charge in [-0.1, -0.05) is 0 Å². The summed E-state index contributed by atoms with van der Waals surface area (Å²) in [7, 11) is 1.65. The molecule has 0 aromatic carbocycles. The van der Waals surface area contributed by atoms with E-state index in [4.69, 9.17) is 9.47 Å². The Labute approximate surface area is 75.6 Å². The fourth-order valence-electron chi connectivity index (χ4n) is 2.48. The average Bonchev–Trinajstić information content (AvgIpc) is 2.95. The van der Waals surface area contributed by atoms with Gasteiger partial charge in [-0.3, -0.25) is 0 Å². The average molecular weight is 186 g/mol. The third-order valence-electron chi connectivity index (χ3n) is 3.42. The summed E-state index contributed by atoms with van der Waals surface area (Å²) in [6, 6.07) is 0. The minimum absolute atomic E-state index is 0.151. The van der Waals surface area contributed by atoms with Crippen molar-refractivity contribution in [1.29, 1.82) is 0 Å². The second kappa shape index (κ2) is 1.92. The minimum Gasteiger partial charge on any atom is -0.632 e. The molecule has 0 radical (unpaired) electrons. The lowest BCUT2D eigenvalue weighted by Crippen LogP contribution is -2.49. The van der Waals surface area contributed by atoms with Crippen LogP contribution in [0.2, 0.25) is 0 Å². The summed E-state index contributed by atoms with van der Waals surface area (Å²) in [5.74, 6) is 0. The highest BCUT2D eigenvalue weighted by Gasteiger charge is 2.83. The summed E-state index contributed by atoms with van der Waals surface area (Å²) in [6.45, 7) is 1.55. The second-order valence-corrected chi connectivity index (χ2v) is 4.01. The van der Waals surface area contributed by atoms with E-state index in [1.165, 1.54) is 0 Å². The van der Waals surface area contributed by atoms with E-state index in [1.807, 2.05) is 0 Å². The van der Waals surface area contributed by atoms with E-state index in [0.717, 1.165) is 0 Å². The second-order valence-electron chi connectivity index (χ2n) is 4.01. The number of hydrogen-bond acceptors (Lipinski definition) is 4. The molecule has 5 heteroatoms. The lowest BCUT2D eigenvalue weighted by Gasteiger charge is -2.27. The number of nitrogens with zero attached hydrogens (tertiary/aromatic N) is 1. The van der Waals surface area contributed by atoms with Crippen LogP contribution in [0.4, 0.5) is 0 Å². The molecule has 3 fully saturated rings. The van der Waals surface area contributed by atoms with Gasteiger partial charge < -0.3 is 25.0 Å². The Hall–Kier alpha value is -0.200. The summed E-state index contributed by atoms with van der Waals surface area (Å²) in [4.78, 5) is 0. The molecular weight excluding hydrogens is 174 g/mol. The maximum atomic E-state index is 10.1. The molecule has 2 N–H and O–H groups in total. The third kappa shape index (κ3) is 0.649. The van der Waals surface area contributed by atoms with Crippen LogP contribution in [-0.4, -0.2) is 53.0 Å². The van der Waals surface area contributed by atoms with Crippen molar-refractivity contribution in [2.45, 2.75) is 42.7 Å². The largest absolute Gasteiger partial charge is 0.632 e. The zero-order valence-electron chi connectivity index (χ0n) is 7.47. The van der Waals surface area contributed by atoms with Crippen LogP contribution in [0.1, 0.15) is 6.92 Å². The standard InChI is InChI=1S/C8H12NO4/c1-3(10)7(11)4-5(12-4)8(9-2)6(7)13-8/h3-6,10-11H,1-2H3/q-1/t3-,4+,5-,6-,7+,8+/m0/s1. The smallest absolute Gasteiger partial charge is 0.146 e. The number of aliphatic hydroxyl groups is 2. The van der Waals surface area contributed by atoms with Gasteiger partial charge in [-0.25, -0.2) is 0 Å². The Bertz CT molecular complexity index is 271. The summed E-state index contributed by atoms with van der Waals surface area (Å²) in [5.41, 5.74) is -1.92. The van der Waals surface area contributed by atoms with Gasteiger partial charge in [-0.2, -0.15) is 7.05 Å². The minimum atomic E-state index is -1.26. The molecule has 5 nitrogen and oxygen atoms in total. The van der Waals surface area contributed by atoms with Crippen molar-refractivity contribution in [3.05, 3.63) is 5.32 Å². The Morgan fingerprint density at radius 1 is 1.46 bits per heavy atom. The van der Waals surface area contributed by atoms with Crippen molar-refractivity contribution in [3.8, 4) is 0 Å². The van der Waals surface area contributed by atoms with Gasteiger partial charge in [0.2, 0.25) is 0 Å². The van der Waals surface area contributed by atoms with Crippen LogP contribution in [-0.2, 0) is 9.47 Å². The molecule has 3 aliphatic rings. The maximum Gasteiger partial charge on any atom is 0.146 e. The molecular formula is C8H12NO4-. The van der Waals surface area contributed by atoms with Gasteiger partial charge in [-0.15, -0.1) is 0 Å². The molecule has 0 bridgehead atoms. The normalized spacial score (nSPS) is 64.2. The summed E-state index contributed by atoms with van der Waals surface area (Å²) >= 11 is 0. The Kier molecular flexibility index (Phi) is 1.20. The molecule has 2 heterocycles. The molecule has 6 atom stereocenters. The SMILES string of the molecule is C[N-][C@]12O[C@H]1[C@@](O)([C@H](C)O)[C@@H]1O[C@@H]12. The Morgan fingerprint density at radius 2 is 2.15 bits per heavy atom. The van der Waals surface area contributed by atoms with Crippen LogP contribution in [0.15, 0.2) is 0 Å². The highest BCUT2D eigenvalue weighted by Crippen LogP contribution is 2.67. The van der Waals surface area contributed by atoms with Gasteiger partial charge in [0.25, 0.3) is 0 Å². The van der Waals surface area contributed by atoms with Gasteiger partial charge >= 0.3 is 0 Å². The van der Waals surface area contributed by atoms with E-state index >= 15 is 0 Å². The molecule has 0 amide bonds. The summed E-state index contributed by atoms with van der Waals surface area (Å²) in [6.07, 6.45) is -1.68. The molecule has 13 heavy (non-hydrogen) atoms. The molecule has 1 aliphatic carbocycles. The number of fused-ring (bicyclic) bond motifs is 3. The number of epoxide rings is 2. The summed E-state index contributed by atoms with van der Waals surface area (Å²) in [5, 5.41) is 23.7. The molecule has 74 valence electrons. The first-order valence-corrected chi connectivity index (χ1v) is 4.42. The first kappa shape index (κ1) is 8.14. The van der Waals surface area contributed by atoms with Crippen molar-refractivity contribution >= 4 is 0 Å². The van der Waals surface area contributed by atoms with Crippen molar-refractivity contribution in [2.75, 3.05) is 7.05 Å². The van der Waals surface area contributed by atoms with Gasteiger partial charge in [0, 0.05) is 5.72 Å². The molecule has 3 rings (SSSR count). The van der Waals surface area contributed by atoms with Crippen LogP contribution in [0, 0.1) is 0 Å². The van der Waals surface area contributed by atoms with E-state index in [9.17, 15) is 10.2 Å². The van der Waals surface area contributed by atoms with E-state index in [-0.39, 0.29) is 18.3 Å². The molecule has 0 aromatic rings. The number of likely N-dealkylation sites (N-methyl/N-ethyl adjacent to an activating group) is 1. The fraction of sp³-hybridized carbons (Fsp3) is 1.00. The van der Waals surface area contributed by atoms with Gasteiger partial charge in [-0.05, 0) is 6.92 Å². The molecule has 1 saturated carbocycles. The predicted octanol–water partition coefficient (Wildman–Crippen LogP) is -1.02. The van der Waals surface area contributed by atoms with Crippen molar-refractivity contribution in [3.63, 3.8) is 0 Å². The van der Waals surface area contributed by atoms with Crippen LogP contribution in [0.25, 0.3) is 5.32 Å². The number of hydrogen-bond donors (Lipinski definition) is 2. The Balaban J connectivity index is 1.95. The van der Waals surface area contributed by atoms with Gasteiger partial charge in [0.05, 0.1) is 12.2 Å². The predicted molar refractivity (Wildman–Crippen MR) is 42.2 cm³/mol. The fourth-order valence-corrected chi connectivity index (χ4v) is 2.48. The zero-order valence-corrected chi connectivity index (χ0v) is 7.47. The number of rotatable bonds is 2. The zero-order chi connectivity index (χ0) is 9.43. The van der Waals surface area contributed by atoms with Crippen molar-refractivity contribution < 1.29 is 19.7 Å². The maximum absolute atomic E-state index is 10.1.